The van der Waals surface area contributed by atoms with E-state index in [4.69, 9.17) is 5.11 Å². The highest BCUT2D eigenvalue weighted by atomic mass is 32.2. The van der Waals surface area contributed by atoms with Crippen LogP contribution in [0.3, 0.4) is 0 Å². The van der Waals surface area contributed by atoms with Crippen LogP contribution in [0.5, 0.6) is 0 Å². The molecule has 0 fully saturated rings. The summed E-state index contributed by atoms with van der Waals surface area (Å²) in [5, 5.41) is 13.6. The van der Waals surface area contributed by atoms with Crippen molar-refractivity contribution in [2.45, 2.75) is 18.9 Å². The first-order valence-electron chi connectivity index (χ1n) is 5.34. The molecule has 0 aromatic heterocycles. The number of amides is 2. The molecule has 0 saturated carbocycles. The third-order valence-corrected chi connectivity index (χ3v) is 2.70. The molecule has 0 spiro atoms. The van der Waals surface area contributed by atoms with E-state index in [1.54, 1.807) is 0 Å². The second-order valence-electron chi connectivity index (χ2n) is 3.40. The fourth-order valence-corrected chi connectivity index (χ4v) is 1.55. The standard InChI is InChI=1S/C10H18N2O5S/c1-17-8(13)3-5-11-10(16)12-7(9(14)15)4-6-18-2/h7H,3-6H2,1-2H3,(H,14,15)(H2,11,12,16)/t7-/m1/s1. The Labute approximate surface area is 110 Å². The number of hydrogen-bond acceptors (Lipinski definition) is 5. The molecule has 0 bridgehead atoms. The number of carboxylic acid groups (broad SMARTS) is 1. The maximum absolute atomic E-state index is 11.3. The molecule has 104 valence electrons. The van der Waals surface area contributed by atoms with Crippen molar-refractivity contribution < 1.29 is 24.2 Å². The van der Waals surface area contributed by atoms with Crippen LogP contribution < -0.4 is 10.6 Å². The van der Waals surface area contributed by atoms with E-state index in [1.807, 2.05) is 6.26 Å². The maximum atomic E-state index is 11.3. The lowest BCUT2D eigenvalue weighted by Crippen LogP contribution is -2.46. The van der Waals surface area contributed by atoms with Gasteiger partial charge < -0.3 is 20.5 Å². The van der Waals surface area contributed by atoms with Crippen molar-refractivity contribution in [1.82, 2.24) is 10.6 Å². The summed E-state index contributed by atoms with van der Waals surface area (Å²) in [6, 6.07) is -1.53. The summed E-state index contributed by atoms with van der Waals surface area (Å²) >= 11 is 1.50. The highest BCUT2D eigenvalue weighted by Gasteiger charge is 2.19. The average molecular weight is 278 g/mol. The highest BCUT2D eigenvalue weighted by molar-refractivity contribution is 7.98. The van der Waals surface area contributed by atoms with E-state index in [1.165, 1.54) is 18.9 Å². The Hall–Kier alpha value is -1.44. The van der Waals surface area contributed by atoms with E-state index in [0.29, 0.717) is 12.2 Å². The third kappa shape index (κ3) is 7.77. The molecule has 18 heavy (non-hydrogen) atoms. The number of carbonyl (C=O) groups excluding carboxylic acids is 2. The SMILES string of the molecule is COC(=O)CCNC(=O)N[C@H](CCSC)C(=O)O. The second-order valence-corrected chi connectivity index (χ2v) is 4.38. The van der Waals surface area contributed by atoms with Crippen LogP contribution in [0.15, 0.2) is 0 Å². The molecule has 0 aromatic carbocycles. The van der Waals surface area contributed by atoms with E-state index in [-0.39, 0.29) is 13.0 Å². The fraction of sp³-hybridized carbons (Fsp3) is 0.700. The van der Waals surface area contributed by atoms with Crippen LogP contribution in [0.2, 0.25) is 0 Å². The van der Waals surface area contributed by atoms with Crippen molar-refractivity contribution in [2.24, 2.45) is 0 Å². The number of hydrogen-bond donors (Lipinski definition) is 3. The van der Waals surface area contributed by atoms with E-state index in [0.717, 1.165) is 0 Å². The van der Waals surface area contributed by atoms with Gasteiger partial charge in [0.15, 0.2) is 0 Å². The number of methoxy groups -OCH3 is 1. The van der Waals surface area contributed by atoms with Crippen LogP contribution in [-0.4, -0.2) is 54.8 Å². The summed E-state index contributed by atoms with van der Waals surface area (Å²) in [5.74, 6) is -0.876. The number of urea groups is 1. The summed E-state index contributed by atoms with van der Waals surface area (Å²) in [4.78, 5) is 33.0. The van der Waals surface area contributed by atoms with Crippen molar-refractivity contribution in [3.63, 3.8) is 0 Å². The van der Waals surface area contributed by atoms with Gasteiger partial charge in [0.2, 0.25) is 0 Å². The third-order valence-electron chi connectivity index (χ3n) is 2.06. The zero-order chi connectivity index (χ0) is 14.0. The van der Waals surface area contributed by atoms with Crippen molar-refractivity contribution >= 4 is 29.7 Å². The predicted octanol–water partition coefficient (Wildman–Crippen LogP) is 0.0550. The number of thioether (sulfide) groups is 1. The minimum Gasteiger partial charge on any atom is -0.480 e. The lowest BCUT2D eigenvalue weighted by molar-refractivity contribution is -0.141. The van der Waals surface area contributed by atoms with E-state index >= 15 is 0 Å². The largest absolute Gasteiger partial charge is 0.480 e. The van der Waals surface area contributed by atoms with Crippen molar-refractivity contribution in [3.05, 3.63) is 0 Å². The molecule has 0 unspecified atom stereocenters. The molecule has 3 N–H and O–H groups in total. The monoisotopic (exact) mass is 278 g/mol. The molecule has 7 nitrogen and oxygen atoms in total. The Morgan fingerprint density at radius 2 is 2.06 bits per heavy atom. The van der Waals surface area contributed by atoms with Gasteiger partial charge in [0.05, 0.1) is 13.5 Å². The number of ether oxygens (including phenoxy) is 1. The summed E-state index contributed by atoms with van der Waals surface area (Å²) in [7, 11) is 1.26. The van der Waals surface area contributed by atoms with Gasteiger partial charge in [0.25, 0.3) is 0 Å². The molecule has 1 atom stereocenters. The Morgan fingerprint density at radius 1 is 1.39 bits per heavy atom. The van der Waals surface area contributed by atoms with Crippen LogP contribution in [0.4, 0.5) is 4.79 Å². The Morgan fingerprint density at radius 3 is 2.56 bits per heavy atom. The zero-order valence-electron chi connectivity index (χ0n) is 10.4. The minimum absolute atomic E-state index is 0.0481. The maximum Gasteiger partial charge on any atom is 0.326 e. The molecular weight excluding hydrogens is 260 g/mol. The molecule has 0 aromatic rings. The van der Waals surface area contributed by atoms with Gasteiger partial charge in [-0.15, -0.1) is 0 Å². The van der Waals surface area contributed by atoms with Crippen LogP contribution in [0.1, 0.15) is 12.8 Å². The van der Waals surface area contributed by atoms with Gasteiger partial charge in [-0.25, -0.2) is 9.59 Å². The number of rotatable bonds is 8. The van der Waals surface area contributed by atoms with Crippen LogP contribution in [0.25, 0.3) is 0 Å². The van der Waals surface area contributed by atoms with E-state index in [9.17, 15) is 14.4 Å². The Balaban J connectivity index is 3.94. The number of aliphatic carboxylic acids is 1. The second kappa shape index (κ2) is 9.58. The molecule has 0 radical (unpaired) electrons. The van der Waals surface area contributed by atoms with Gasteiger partial charge in [-0.1, -0.05) is 0 Å². The first kappa shape index (κ1) is 16.6. The summed E-state index contributed by atoms with van der Waals surface area (Å²) in [6.45, 7) is 0.105. The summed E-state index contributed by atoms with van der Waals surface area (Å²) in [5.41, 5.74) is 0. The Kier molecular flexibility index (Phi) is 8.81. The molecule has 0 aliphatic rings. The molecule has 0 aliphatic carbocycles. The smallest absolute Gasteiger partial charge is 0.326 e. The minimum atomic E-state index is -1.08. The number of carboxylic acids is 1. The van der Waals surface area contributed by atoms with Gasteiger partial charge in [0.1, 0.15) is 6.04 Å². The van der Waals surface area contributed by atoms with Gasteiger partial charge in [-0.3, -0.25) is 4.79 Å². The van der Waals surface area contributed by atoms with Crippen LogP contribution in [-0.2, 0) is 14.3 Å². The summed E-state index contributed by atoms with van der Waals surface area (Å²) < 4.78 is 4.40. The van der Waals surface area contributed by atoms with Gasteiger partial charge in [-0.2, -0.15) is 11.8 Å². The lowest BCUT2D eigenvalue weighted by atomic mass is 10.2. The zero-order valence-corrected chi connectivity index (χ0v) is 11.2. The van der Waals surface area contributed by atoms with Crippen LogP contribution in [0, 0.1) is 0 Å². The van der Waals surface area contributed by atoms with Crippen molar-refractivity contribution in [1.29, 1.82) is 0 Å². The predicted molar refractivity (Wildman–Crippen MR) is 67.6 cm³/mol. The molecule has 0 aliphatic heterocycles. The molecule has 0 saturated heterocycles. The number of esters is 1. The lowest BCUT2D eigenvalue weighted by Gasteiger charge is -2.14. The normalized spacial score (nSPS) is 11.4. The molecule has 2 amide bonds. The van der Waals surface area contributed by atoms with E-state index < -0.39 is 24.0 Å². The van der Waals surface area contributed by atoms with E-state index in [2.05, 4.69) is 15.4 Å². The van der Waals surface area contributed by atoms with Crippen LogP contribution >= 0.6 is 11.8 Å². The molecule has 0 heterocycles. The van der Waals surface area contributed by atoms with Gasteiger partial charge in [-0.05, 0) is 18.4 Å². The molecule has 8 heteroatoms. The molecule has 0 rings (SSSR count). The number of nitrogens with one attached hydrogen (secondary N) is 2. The Bertz CT molecular complexity index is 298. The van der Waals surface area contributed by atoms with Crippen molar-refractivity contribution in [3.8, 4) is 0 Å². The fourth-order valence-electron chi connectivity index (χ4n) is 1.08. The van der Waals surface area contributed by atoms with Crippen molar-refractivity contribution in [2.75, 3.05) is 25.7 Å². The summed E-state index contributed by atoms with van der Waals surface area (Å²) in [6.07, 6.45) is 2.25. The van der Waals surface area contributed by atoms with Gasteiger partial charge in [0, 0.05) is 6.54 Å². The van der Waals surface area contributed by atoms with Gasteiger partial charge >= 0.3 is 18.0 Å². The topological polar surface area (TPSA) is 105 Å². The highest BCUT2D eigenvalue weighted by Crippen LogP contribution is 2.00. The quantitative estimate of drug-likeness (QED) is 0.542. The number of carbonyl (C=O) groups is 3. The molecular formula is C10H18N2O5S. The first-order chi connectivity index (χ1) is 8.51. The first-order valence-corrected chi connectivity index (χ1v) is 6.73. The average Bonchev–Trinajstić information content (AvgIpc) is 2.33.